The monoisotopic (exact) mass is 269 g/mol. The normalized spacial score (nSPS) is 25.7. The number of likely N-dealkylation sites (tertiary alicyclic amines) is 1. The quantitative estimate of drug-likeness (QED) is 0.843. The smallest absolute Gasteiger partial charge is 0.217 e. The molecule has 0 unspecified atom stereocenters. The van der Waals surface area contributed by atoms with Gasteiger partial charge in [0, 0.05) is 31.6 Å². The van der Waals surface area contributed by atoms with Crippen LogP contribution in [0.1, 0.15) is 24.8 Å². The molecule has 6 heteroatoms. The summed E-state index contributed by atoms with van der Waals surface area (Å²) in [7, 11) is 0. The maximum Gasteiger partial charge on any atom is 0.217 e. The van der Waals surface area contributed by atoms with Crippen molar-refractivity contribution >= 4 is 17.2 Å². The van der Waals surface area contributed by atoms with Crippen LogP contribution in [0.2, 0.25) is 0 Å². The average Bonchev–Trinajstić information content (AvgIpc) is 2.76. The van der Waals surface area contributed by atoms with Crippen LogP contribution in [-0.4, -0.2) is 46.1 Å². The second-order valence-corrected chi connectivity index (χ2v) is 5.63. The van der Waals surface area contributed by atoms with Gasteiger partial charge in [-0.2, -0.15) is 0 Å². The van der Waals surface area contributed by atoms with E-state index in [1.54, 1.807) is 11.3 Å². The van der Waals surface area contributed by atoms with Crippen molar-refractivity contribution in [3.8, 4) is 0 Å². The lowest BCUT2D eigenvalue weighted by atomic mass is 10.1. The Labute approximate surface area is 111 Å². The minimum atomic E-state index is -0.449. The van der Waals surface area contributed by atoms with Crippen LogP contribution in [0.5, 0.6) is 0 Å². The van der Waals surface area contributed by atoms with Gasteiger partial charge in [0.1, 0.15) is 5.01 Å². The lowest BCUT2D eigenvalue weighted by molar-refractivity contribution is -0.120. The SMILES string of the molecule is CC(=O)N[C@H]1CCN(Cc2nccs2)CC[C@@H]1O. The van der Waals surface area contributed by atoms with E-state index in [0.717, 1.165) is 31.1 Å². The van der Waals surface area contributed by atoms with Crippen LogP contribution in [0.3, 0.4) is 0 Å². The van der Waals surface area contributed by atoms with Gasteiger partial charge in [0.05, 0.1) is 18.7 Å². The summed E-state index contributed by atoms with van der Waals surface area (Å²) in [6.07, 6.45) is 2.84. The van der Waals surface area contributed by atoms with E-state index >= 15 is 0 Å². The van der Waals surface area contributed by atoms with E-state index in [2.05, 4.69) is 15.2 Å². The molecule has 1 aliphatic rings. The van der Waals surface area contributed by atoms with Crippen LogP contribution in [0, 0.1) is 0 Å². The predicted molar refractivity (Wildman–Crippen MR) is 70.2 cm³/mol. The molecule has 1 fully saturated rings. The Kier molecular flexibility index (Phi) is 4.68. The number of nitrogens with zero attached hydrogens (tertiary/aromatic N) is 2. The van der Waals surface area contributed by atoms with Crippen molar-refractivity contribution < 1.29 is 9.90 Å². The third kappa shape index (κ3) is 3.76. The Morgan fingerprint density at radius 3 is 3.06 bits per heavy atom. The summed E-state index contributed by atoms with van der Waals surface area (Å²) in [5, 5.41) is 15.9. The summed E-state index contributed by atoms with van der Waals surface area (Å²) < 4.78 is 0. The summed E-state index contributed by atoms with van der Waals surface area (Å²) in [4.78, 5) is 17.6. The Balaban J connectivity index is 1.88. The standard InChI is InChI=1S/C12H19N3O2S/c1-9(16)14-10-2-5-15(6-3-11(10)17)8-12-13-4-7-18-12/h4,7,10-11,17H,2-3,5-6,8H2,1H3,(H,14,16)/t10-,11-/m0/s1. The molecule has 0 aliphatic carbocycles. The molecule has 1 amide bonds. The number of carbonyl (C=O) groups excluding carboxylic acids is 1. The van der Waals surface area contributed by atoms with Crippen LogP contribution >= 0.6 is 11.3 Å². The number of aliphatic hydroxyl groups excluding tert-OH is 1. The van der Waals surface area contributed by atoms with Crippen molar-refractivity contribution in [3.63, 3.8) is 0 Å². The maximum absolute atomic E-state index is 11.1. The molecule has 1 aromatic heterocycles. The van der Waals surface area contributed by atoms with Gasteiger partial charge in [0.25, 0.3) is 0 Å². The Bertz CT molecular complexity index is 383. The lowest BCUT2D eigenvalue weighted by Crippen LogP contribution is -2.42. The molecule has 0 aromatic carbocycles. The number of carbonyl (C=O) groups is 1. The zero-order valence-corrected chi connectivity index (χ0v) is 11.3. The van der Waals surface area contributed by atoms with Crippen molar-refractivity contribution in [2.75, 3.05) is 13.1 Å². The number of hydrogen-bond donors (Lipinski definition) is 2. The second kappa shape index (κ2) is 6.26. The fraction of sp³-hybridized carbons (Fsp3) is 0.667. The fourth-order valence-corrected chi connectivity index (χ4v) is 2.91. The molecule has 0 saturated carbocycles. The molecule has 0 bridgehead atoms. The number of aliphatic hydroxyl groups is 1. The summed E-state index contributed by atoms with van der Waals surface area (Å²) >= 11 is 1.65. The minimum absolute atomic E-state index is 0.0765. The summed E-state index contributed by atoms with van der Waals surface area (Å²) in [5.41, 5.74) is 0. The minimum Gasteiger partial charge on any atom is -0.391 e. The largest absolute Gasteiger partial charge is 0.391 e. The van der Waals surface area contributed by atoms with Crippen molar-refractivity contribution in [2.45, 2.75) is 38.5 Å². The van der Waals surface area contributed by atoms with E-state index in [0.29, 0.717) is 6.42 Å². The van der Waals surface area contributed by atoms with Gasteiger partial charge < -0.3 is 10.4 Å². The first-order chi connectivity index (χ1) is 8.65. The molecule has 18 heavy (non-hydrogen) atoms. The fourth-order valence-electron chi connectivity index (χ4n) is 2.25. The number of nitrogens with one attached hydrogen (secondary N) is 1. The zero-order valence-electron chi connectivity index (χ0n) is 10.5. The van der Waals surface area contributed by atoms with Crippen molar-refractivity contribution in [1.29, 1.82) is 0 Å². The van der Waals surface area contributed by atoms with Gasteiger partial charge in [0.15, 0.2) is 0 Å². The van der Waals surface area contributed by atoms with Gasteiger partial charge in [-0.15, -0.1) is 11.3 Å². The first kappa shape index (κ1) is 13.5. The molecule has 2 heterocycles. The van der Waals surface area contributed by atoms with Gasteiger partial charge in [-0.1, -0.05) is 0 Å². The predicted octanol–water partition coefficient (Wildman–Crippen LogP) is 0.604. The molecular weight excluding hydrogens is 250 g/mol. The van der Waals surface area contributed by atoms with Crippen molar-refractivity contribution in [3.05, 3.63) is 16.6 Å². The van der Waals surface area contributed by atoms with Crippen molar-refractivity contribution in [2.24, 2.45) is 0 Å². The van der Waals surface area contributed by atoms with E-state index in [4.69, 9.17) is 0 Å². The van der Waals surface area contributed by atoms with E-state index in [1.807, 2.05) is 11.6 Å². The summed E-state index contributed by atoms with van der Waals surface area (Å²) in [6.45, 7) is 4.04. The number of rotatable bonds is 3. The molecular formula is C12H19N3O2S. The highest BCUT2D eigenvalue weighted by Gasteiger charge is 2.25. The van der Waals surface area contributed by atoms with Gasteiger partial charge in [-0.25, -0.2) is 4.98 Å². The lowest BCUT2D eigenvalue weighted by Gasteiger charge is -2.20. The highest BCUT2D eigenvalue weighted by atomic mass is 32.1. The Morgan fingerprint density at radius 2 is 2.39 bits per heavy atom. The molecule has 5 nitrogen and oxygen atoms in total. The van der Waals surface area contributed by atoms with E-state index in [-0.39, 0.29) is 11.9 Å². The molecule has 0 spiro atoms. The maximum atomic E-state index is 11.1. The highest BCUT2D eigenvalue weighted by Crippen LogP contribution is 2.15. The summed E-state index contributed by atoms with van der Waals surface area (Å²) in [6, 6.07) is -0.121. The third-order valence-electron chi connectivity index (χ3n) is 3.19. The van der Waals surface area contributed by atoms with Crippen LogP contribution < -0.4 is 5.32 Å². The molecule has 1 aliphatic heterocycles. The topological polar surface area (TPSA) is 65.5 Å². The molecule has 0 radical (unpaired) electrons. The third-order valence-corrected chi connectivity index (χ3v) is 3.96. The highest BCUT2D eigenvalue weighted by molar-refractivity contribution is 7.09. The Hall–Kier alpha value is -0.980. The van der Waals surface area contributed by atoms with Crippen LogP contribution in [0.4, 0.5) is 0 Å². The second-order valence-electron chi connectivity index (χ2n) is 4.65. The van der Waals surface area contributed by atoms with E-state index in [1.165, 1.54) is 6.92 Å². The van der Waals surface area contributed by atoms with Crippen LogP contribution in [-0.2, 0) is 11.3 Å². The van der Waals surface area contributed by atoms with Crippen LogP contribution in [0.15, 0.2) is 11.6 Å². The molecule has 100 valence electrons. The van der Waals surface area contributed by atoms with Gasteiger partial charge in [-0.3, -0.25) is 9.69 Å². The number of hydrogen-bond acceptors (Lipinski definition) is 5. The zero-order chi connectivity index (χ0) is 13.0. The van der Waals surface area contributed by atoms with Gasteiger partial charge in [0.2, 0.25) is 5.91 Å². The summed E-state index contributed by atoms with van der Waals surface area (Å²) in [5.74, 6) is -0.0765. The van der Waals surface area contributed by atoms with E-state index < -0.39 is 6.10 Å². The van der Waals surface area contributed by atoms with Gasteiger partial charge >= 0.3 is 0 Å². The molecule has 2 atom stereocenters. The first-order valence-electron chi connectivity index (χ1n) is 6.21. The Morgan fingerprint density at radius 1 is 1.61 bits per heavy atom. The van der Waals surface area contributed by atoms with E-state index in [9.17, 15) is 9.90 Å². The molecule has 1 aromatic rings. The first-order valence-corrected chi connectivity index (χ1v) is 7.09. The number of aromatic nitrogens is 1. The average molecular weight is 269 g/mol. The molecule has 2 rings (SSSR count). The number of amides is 1. The number of thiazole rings is 1. The molecule has 2 N–H and O–H groups in total. The molecule has 1 saturated heterocycles. The van der Waals surface area contributed by atoms with Crippen molar-refractivity contribution in [1.82, 2.24) is 15.2 Å². The van der Waals surface area contributed by atoms with Crippen LogP contribution in [0.25, 0.3) is 0 Å². The van der Waals surface area contributed by atoms with Gasteiger partial charge in [-0.05, 0) is 12.8 Å².